The molecule has 13 heteroatoms. The van der Waals surface area contributed by atoms with Gasteiger partial charge in [-0.2, -0.15) is 0 Å². The van der Waals surface area contributed by atoms with Crippen LogP contribution in [0, 0.1) is 0 Å². The number of H-pyrrole nitrogens is 1. The molecule has 26 heavy (non-hydrogen) atoms. The molecule has 1 aromatic rings. The van der Waals surface area contributed by atoms with E-state index in [0.29, 0.717) is 0 Å². The Morgan fingerprint density at radius 3 is 2.77 bits per heavy atom. The van der Waals surface area contributed by atoms with Crippen molar-refractivity contribution in [1.29, 1.82) is 0 Å². The fourth-order valence-electron chi connectivity index (χ4n) is 2.82. The normalized spacial score (nSPS) is 37.3. The molecule has 2 aliphatic rings. The van der Waals surface area contributed by atoms with Gasteiger partial charge >= 0.3 is 12.4 Å². The summed E-state index contributed by atoms with van der Waals surface area (Å²) in [5.74, 6) is 0. The van der Waals surface area contributed by atoms with Gasteiger partial charge in [-0.15, -0.1) is 0 Å². The van der Waals surface area contributed by atoms with E-state index in [0.717, 1.165) is 16.8 Å². The Morgan fingerprint density at radius 1 is 1.50 bits per heavy atom. The van der Waals surface area contributed by atoms with E-state index in [1.165, 1.54) is 0 Å². The van der Waals surface area contributed by atoms with Crippen molar-refractivity contribution >= 4 is 18.5 Å². The van der Waals surface area contributed by atoms with Crippen LogP contribution in [0.4, 0.5) is 8.78 Å². The Hall–Kier alpha value is -1.01. The van der Waals surface area contributed by atoms with Crippen molar-refractivity contribution in [3.8, 4) is 0 Å². The molecule has 0 amide bonds. The lowest BCUT2D eigenvalue weighted by Crippen LogP contribution is -2.56. The molecule has 2 aliphatic heterocycles. The van der Waals surface area contributed by atoms with Gasteiger partial charge in [-0.25, -0.2) is 13.6 Å². The van der Waals surface area contributed by atoms with Gasteiger partial charge in [0.1, 0.15) is 12.2 Å². The minimum Gasteiger partial charge on any atom is -0.386 e. The number of halogens is 2. The number of alkyl halides is 2. The third-order valence-corrected chi connectivity index (χ3v) is 6.39. The van der Waals surface area contributed by atoms with Crippen molar-refractivity contribution in [1.82, 2.24) is 9.55 Å². The molecule has 146 valence electrons. The summed E-state index contributed by atoms with van der Waals surface area (Å²) < 4.78 is 49.8. The van der Waals surface area contributed by atoms with Crippen molar-refractivity contribution in [2.45, 2.75) is 50.4 Å². The molecule has 9 nitrogen and oxygen atoms in total. The second kappa shape index (κ2) is 6.86. The molecule has 0 radical (unpaired) electrons. The molecule has 2 N–H and O–H groups in total. The number of hydrogen-bond donors (Lipinski definition) is 2. The molecule has 0 saturated carbocycles. The Labute approximate surface area is 151 Å². The third-order valence-electron chi connectivity index (χ3n) is 3.95. The molecule has 3 rings (SSSR count). The second-order valence-electron chi connectivity index (χ2n) is 6.17. The number of ether oxygens (including phenoxy) is 1. The quantitative estimate of drug-likeness (QED) is 0.685. The molecule has 3 heterocycles. The van der Waals surface area contributed by atoms with E-state index in [2.05, 4.69) is 0 Å². The van der Waals surface area contributed by atoms with Crippen molar-refractivity contribution < 1.29 is 32.2 Å². The van der Waals surface area contributed by atoms with Gasteiger partial charge < -0.3 is 18.9 Å². The van der Waals surface area contributed by atoms with Crippen LogP contribution >= 0.6 is 6.72 Å². The Kier molecular flexibility index (Phi) is 5.21. The summed E-state index contributed by atoms with van der Waals surface area (Å²) in [6.07, 6.45) is -7.24. The maximum Gasteiger partial charge on any atom is 0.330 e. The van der Waals surface area contributed by atoms with Crippen molar-refractivity contribution in [2.75, 3.05) is 6.61 Å². The van der Waals surface area contributed by atoms with Gasteiger partial charge in [-0.3, -0.25) is 18.9 Å². The van der Waals surface area contributed by atoms with E-state index >= 15 is 0 Å². The lowest BCUT2D eigenvalue weighted by Gasteiger charge is -2.41. The largest absolute Gasteiger partial charge is 0.386 e. The van der Waals surface area contributed by atoms with Crippen molar-refractivity contribution in [3.63, 3.8) is 0 Å². The van der Waals surface area contributed by atoms with Gasteiger partial charge in [0, 0.05) is 12.3 Å². The Bertz CT molecular complexity index is 846. The monoisotopic (exact) mass is 414 g/mol. The fraction of sp³-hybridized carbons (Fsp3) is 0.692. The minimum atomic E-state index is -3.38. The molecular formula is C13H17F2N2O7PS. The molecule has 0 aliphatic carbocycles. The van der Waals surface area contributed by atoms with Crippen LogP contribution in [0.2, 0.25) is 0 Å². The van der Waals surface area contributed by atoms with Crippen LogP contribution < -0.4 is 11.2 Å². The number of aliphatic hydroxyl groups excluding tert-OH is 1. The Morgan fingerprint density at radius 2 is 2.19 bits per heavy atom. The first-order chi connectivity index (χ1) is 12.1. The van der Waals surface area contributed by atoms with E-state index in [4.69, 9.17) is 30.1 Å². The van der Waals surface area contributed by atoms with Gasteiger partial charge in [0.15, 0.2) is 11.8 Å². The number of hydrogen-bond acceptors (Lipinski definition) is 8. The van der Waals surface area contributed by atoms with Crippen LogP contribution in [0.3, 0.4) is 0 Å². The van der Waals surface area contributed by atoms with Crippen LogP contribution in [-0.2, 0) is 30.1 Å². The average molecular weight is 414 g/mol. The van der Waals surface area contributed by atoms with Crippen molar-refractivity contribution in [2.24, 2.45) is 0 Å². The van der Waals surface area contributed by atoms with E-state index in [1.54, 1.807) is 13.8 Å². The second-order valence-corrected chi connectivity index (χ2v) is 9.09. The number of nitrogens with zero attached hydrogens (tertiary/aromatic N) is 1. The van der Waals surface area contributed by atoms with Crippen LogP contribution in [0.25, 0.3) is 0 Å². The lowest BCUT2D eigenvalue weighted by atomic mass is 9.96. The van der Waals surface area contributed by atoms with Crippen LogP contribution in [0.5, 0.6) is 0 Å². The van der Waals surface area contributed by atoms with Crippen LogP contribution in [0.15, 0.2) is 21.9 Å². The summed E-state index contributed by atoms with van der Waals surface area (Å²) in [4.78, 5) is 25.1. The zero-order valence-electron chi connectivity index (χ0n) is 13.7. The smallest absolute Gasteiger partial charge is 0.330 e. The van der Waals surface area contributed by atoms with Crippen molar-refractivity contribution in [3.05, 3.63) is 33.1 Å². The number of aromatic nitrogens is 2. The van der Waals surface area contributed by atoms with Crippen LogP contribution in [-0.4, -0.2) is 51.6 Å². The maximum absolute atomic E-state index is 13.8. The minimum absolute atomic E-state index is 0.392. The standard InChI is InChI=1S/C13H17F2N2O7PS/c1-6(2)23-25(26)21-5-13(11(14)15)9(24-25)8(19)10(22-13)17-4-3-7(18)16-12(17)20/h3-4,6,8-11,19H,5H2,1-2H3,(H,16,18,20)/t8-,9+,10-,13-,25?/m1/s1. The molecule has 1 aromatic heterocycles. The molecule has 2 saturated heterocycles. The van der Waals surface area contributed by atoms with Gasteiger partial charge in [0.05, 0.1) is 12.7 Å². The lowest BCUT2D eigenvalue weighted by molar-refractivity contribution is -0.204. The van der Waals surface area contributed by atoms with Gasteiger partial charge in [-0.1, -0.05) is 0 Å². The highest BCUT2D eigenvalue weighted by Crippen LogP contribution is 2.61. The predicted molar refractivity (Wildman–Crippen MR) is 87.5 cm³/mol. The first-order valence-corrected chi connectivity index (χ1v) is 10.2. The summed E-state index contributed by atoms with van der Waals surface area (Å²) in [6.45, 7) is -0.724. The number of aliphatic hydroxyl groups is 1. The van der Waals surface area contributed by atoms with E-state index in [1.807, 2.05) is 4.98 Å². The highest BCUT2D eigenvalue weighted by Gasteiger charge is 2.66. The van der Waals surface area contributed by atoms with Crippen LogP contribution in [0.1, 0.15) is 20.1 Å². The van der Waals surface area contributed by atoms with Gasteiger partial charge in [0.25, 0.3) is 12.0 Å². The molecule has 5 atom stereocenters. The third kappa shape index (κ3) is 3.31. The first kappa shape index (κ1) is 19.7. The molecule has 0 spiro atoms. The first-order valence-electron chi connectivity index (χ1n) is 7.65. The summed E-state index contributed by atoms with van der Waals surface area (Å²) in [6, 6.07) is 0.998. The topological polar surface area (TPSA) is 112 Å². The number of fused-ring (bicyclic) bond motifs is 1. The SMILES string of the molecule is CC(C)OP1(=S)OC[C@@]2(C(F)F)O[C@@H](n3ccc(=O)[nH]c3=O)[C@H](O)[C@@H]2O1. The number of rotatable bonds is 4. The molecule has 2 fully saturated rings. The maximum atomic E-state index is 13.8. The fourth-order valence-corrected chi connectivity index (χ4v) is 5.40. The van der Waals surface area contributed by atoms with Gasteiger partial charge in [-0.05, 0) is 25.7 Å². The van der Waals surface area contributed by atoms with Gasteiger partial charge in [0.2, 0.25) is 0 Å². The zero-order valence-corrected chi connectivity index (χ0v) is 15.4. The predicted octanol–water partition coefficient (Wildman–Crippen LogP) is 0.495. The van der Waals surface area contributed by atoms with E-state index in [-0.39, 0.29) is 0 Å². The number of aromatic amines is 1. The summed E-state index contributed by atoms with van der Waals surface area (Å²) in [5.41, 5.74) is -3.94. The number of nitrogens with one attached hydrogen (secondary N) is 1. The highest BCUT2D eigenvalue weighted by molar-refractivity contribution is 8.07. The summed E-state index contributed by atoms with van der Waals surface area (Å²) in [5, 5.41) is 10.5. The molecular weight excluding hydrogens is 397 g/mol. The summed E-state index contributed by atoms with van der Waals surface area (Å²) >= 11 is 5.16. The summed E-state index contributed by atoms with van der Waals surface area (Å²) in [7, 11) is 0. The zero-order chi connectivity index (χ0) is 19.3. The molecule has 1 unspecified atom stereocenters. The van der Waals surface area contributed by atoms with E-state index < -0.39 is 61.1 Å². The van der Waals surface area contributed by atoms with E-state index in [9.17, 15) is 23.5 Å². The molecule has 0 bridgehead atoms. The average Bonchev–Trinajstić information content (AvgIpc) is 2.80. The Balaban J connectivity index is 1.99. The molecule has 0 aromatic carbocycles. The highest BCUT2D eigenvalue weighted by atomic mass is 32.5.